The molecular formula is C29H41N7O6S. The van der Waals surface area contributed by atoms with Gasteiger partial charge >= 0.3 is 5.97 Å². The van der Waals surface area contributed by atoms with Crippen molar-refractivity contribution in [1.82, 2.24) is 16.0 Å². The van der Waals surface area contributed by atoms with Gasteiger partial charge in [0.25, 0.3) is 0 Å². The molecule has 0 saturated carbocycles. The van der Waals surface area contributed by atoms with Crippen molar-refractivity contribution < 1.29 is 29.4 Å². The number of guanidine groups is 1. The Morgan fingerprint density at radius 2 is 1.40 bits per heavy atom. The maximum atomic E-state index is 13.5. The summed E-state index contributed by atoms with van der Waals surface area (Å²) in [6.07, 6.45) is 2.70. The van der Waals surface area contributed by atoms with Crippen molar-refractivity contribution in [2.75, 3.05) is 18.6 Å². The van der Waals surface area contributed by atoms with Crippen LogP contribution in [0.5, 0.6) is 5.75 Å². The van der Waals surface area contributed by atoms with E-state index in [4.69, 9.17) is 17.2 Å². The fourth-order valence-corrected chi connectivity index (χ4v) is 4.60. The summed E-state index contributed by atoms with van der Waals surface area (Å²) in [6, 6.07) is 10.8. The third-order valence-corrected chi connectivity index (χ3v) is 7.09. The first kappa shape index (κ1) is 34.9. The van der Waals surface area contributed by atoms with Crippen molar-refractivity contribution in [3.63, 3.8) is 0 Å². The SMILES string of the molecule is CSCCC(NC(=O)C(Cc1ccc(O)cc1)NC(=O)C(CCCN=C(N)N)NC(=O)C(N)Cc1ccccc1)C(=O)O. The van der Waals surface area contributed by atoms with Crippen LogP contribution >= 0.6 is 11.8 Å². The van der Waals surface area contributed by atoms with E-state index in [1.807, 2.05) is 36.6 Å². The minimum Gasteiger partial charge on any atom is -0.508 e. The molecule has 14 heteroatoms. The van der Waals surface area contributed by atoms with Crippen LogP contribution in [0.1, 0.15) is 30.4 Å². The highest BCUT2D eigenvalue weighted by molar-refractivity contribution is 7.98. The predicted molar refractivity (Wildman–Crippen MR) is 166 cm³/mol. The number of nitrogens with one attached hydrogen (secondary N) is 3. The topological polar surface area (TPSA) is 235 Å². The molecule has 0 aromatic heterocycles. The first-order valence-electron chi connectivity index (χ1n) is 13.8. The first-order chi connectivity index (χ1) is 20.5. The van der Waals surface area contributed by atoms with E-state index in [1.54, 1.807) is 12.1 Å². The predicted octanol–water partition coefficient (Wildman–Crippen LogP) is -0.150. The number of hydrogen-bond donors (Lipinski definition) is 8. The van der Waals surface area contributed by atoms with Crippen LogP contribution in [-0.4, -0.2) is 82.6 Å². The number of carbonyl (C=O) groups excluding carboxylic acids is 3. The average molecular weight is 616 g/mol. The second-order valence-electron chi connectivity index (χ2n) is 9.92. The summed E-state index contributed by atoms with van der Waals surface area (Å²) in [4.78, 5) is 55.6. The molecular weight excluding hydrogens is 574 g/mol. The Morgan fingerprint density at radius 3 is 2.00 bits per heavy atom. The molecule has 0 heterocycles. The van der Waals surface area contributed by atoms with Gasteiger partial charge in [0.1, 0.15) is 23.9 Å². The molecule has 43 heavy (non-hydrogen) atoms. The van der Waals surface area contributed by atoms with E-state index in [2.05, 4.69) is 20.9 Å². The Kier molecular flexibility index (Phi) is 14.8. The Morgan fingerprint density at radius 1 is 0.814 bits per heavy atom. The smallest absolute Gasteiger partial charge is 0.326 e. The van der Waals surface area contributed by atoms with Gasteiger partial charge in [-0.2, -0.15) is 11.8 Å². The zero-order valence-corrected chi connectivity index (χ0v) is 24.9. The molecule has 3 amide bonds. The molecule has 0 spiro atoms. The molecule has 2 aromatic rings. The number of carbonyl (C=O) groups is 4. The van der Waals surface area contributed by atoms with E-state index in [9.17, 15) is 29.4 Å². The van der Waals surface area contributed by atoms with Gasteiger partial charge in [-0.25, -0.2) is 4.79 Å². The average Bonchev–Trinajstić information content (AvgIpc) is 2.97. The van der Waals surface area contributed by atoms with Gasteiger partial charge in [0.15, 0.2) is 5.96 Å². The molecule has 11 N–H and O–H groups in total. The van der Waals surface area contributed by atoms with Gasteiger partial charge in [-0.3, -0.25) is 19.4 Å². The quantitative estimate of drug-likeness (QED) is 0.0627. The minimum atomic E-state index is -1.20. The van der Waals surface area contributed by atoms with E-state index in [1.165, 1.54) is 23.9 Å². The second kappa shape index (κ2) is 18.3. The van der Waals surface area contributed by atoms with E-state index in [0.29, 0.717) is 17.7 Å². The fourth-order valence-electron chi connectivity index (χ4n) is 4.13. The van der Waals surface area contributed by atoms with Crippen LogP contribution in [0.4, 0.5) is 0 Å². The molecule has 0 aliphatic carbocycles. The Balaban J connectivity index is 2.25. The van der Waals surface area contributed by atoms with Crippen molar-refractivity contribution in [3.05, 3.63) is 65.7 Å². The van der Waals surface area contributed by atoms with Crippen molar-refractivity contribution in [3.8, 4) is 5.75 Å². The molecule has 234 valence electrons. The zero-order chi connectivity index (χ0) is 31.8. The van der Waals surface area contributed by atoms with E-state index in [-0.39, 0.29) is 43.9 Å². The number of amides is 3. The third-order valence-electron chi connectivity index (χ3n) is 6.45. The molecule has 0 saturated heterocycles. The zero-order valence-electron chi connectivity index (χ0n) is 24.1. The number of nitrogens with zero attached hydrogens (tertiary/aromatic N) is 1. The summed E-state index contributed by atoms with van der Waals surface area (Å²) in [6.45, 7) is 0.200. The van der Waals surface area contributed by atoms with Gasteiger partial charge in [-0.05, 0) is 61.0 Å². The van der Waals surface area contributed by atoms with Crippen LogP contribution in [0, 0.1) is 0 Å². The highest BCUT2D eigenvalue weighted by Gasteiger charge is 2.30. The maximum absolute atomic E-state index is 13.5. The van der Waals surface area contributed by atoms with Crippen LogP contribution in [-0.2, 0) is 32.0 Å². The Hall–Kier alpha value is -4.30. The first-order valence-corrected chi connectivity index (χ1v) is 15.1. The van der Waals surface area contributed by atoms with E-state index in [0.717, 1.165) is 5.56 Å². The summed E-state index contributed by atoms with van der Waals surface area (Å²) in [7, 11) is 0. The molecule has 0 aliphatic rings. The van der Waals surface area contributed by atoms with Crippen LogP contribution < -0.4 is 33.2 Å². The molecule has 13 nitrogen and oxygen atoms in total. The molecule has 2 rings (SSSR count). The van der Waals surface area contributed by atoms with Crippen LogP contribution in [0.2, 0.25) is 0 Å². The van der Waals surface area contributed by atoms with Gasteiger partial charge < -0.3 is 43.4 Å². The fraction of sp³-hybridized carbons (Fsp3) is 0.414. The van der Waals surface area contributed by atoms with E-state index >= 15 is 0 Å². The molecule has 0 bridgehead atoms. The van der Waals surface area contributed by atoms with Gasteiger partial charge in [0, 0.05) is 13.0 Å². The van der Waals surface area contributed by atoms with Crippen LogP contribution in [0.25, 0.3) is 0 Å². The number of phenols is 1. The largest absolute Gasteiger partial charge is 0.508 e. The normalized spacial score (nSPS) is 13.5. The van der Waals surface area contributed by atoms with Crippen molar-refractivity contribution in [2.45, 2.75) is 56.3 Å². The molecule has 0 radical (unpaired) electrons. The molecule has 0 fully saturated rings. The number of benzene rings is 2. The molecule has 4 atom stereocenters. The standard InChI is InChI=1S/C29H41N7O6S/c1-43-15-13-23(28(41)42)35-27(40)24(17-19-9-11-20(37)12-10-19)36-26(39)22(8-5-14-33-29(31)32)34-25(38)21(30)16-18-6-3-2-4-7-18/h2-4,6-7,9-12,21-24,37H,5,8,13-17,30H2,1H3,(H,34,38)(H,35,40)(H,36,39)(H,41,42)(H4,31,32,33). The minimum absolute atomic E-state index is 0.00505. The van der Waals surface area contributed by atoms with Gasteiger partial charge in [0.05, 0.1) is 6.04 Å². The highest BCUT2D eigenvalue weighted by Crippen LogP contribution is 2.13. The summed E-state index contributed by atoms with van der Waals surface area (Å²) >= 11 is 1.44. The van der Waals surface area contributed by atoms with Crippen LogP contribution in [0.15, 0.2) is 59.6 Å². The third kappa shape index (κ3) is 13.0. The number of nitrogens with two attached hydrogens (primary N) is 3. The maximum Gasteiger partial charge on any atom is 0.326 e. The lowest BCUT2D eigenvalue weighted by Gasteiger charge is -2.25. The van der Waals surface area contributed by atoms with Gasteiger partial charge in [0.2, 0.25) is 17.7 Å². The summed E-state index contributed by atoms with van der Waals surface area (Å²) < 4.78 is 0. The van der Waals surface area contributed by atoms with Gasteiger partial charge in [-0.1, -0.05) is 42.5 Å². The highest BCUT2D eigenvalue weighted by atomic mass is 32.2. The molecule has 2 aromatic carbocycles. The lowest BCUT2D eigenvalue weighted by Crippen LogP contribution is -2.57. The van der Waals surface area contributed by atoms with Crippen molar-refractivity contribution >= 4 is 41.4 Å². The summed E-state index contributed by atoms with van der Waals surface area (Å²) in [5.74, 6) is -2.73. The monoisotopic (exact) mass is 615 g/mol. The number of aliphatic imine (C=N–C) groups is 1. The lowest BCUT2D eigenvalue weighted by molar-refractivity contribution is -0.142. The number of rotatable bonds is 18. The van der Waals surface area contributed by atoms with Crippen molar-refractivity contribution in [1.29, 1.82) is 0 Å². The number of phenolic OH excluding ortho intramolecular Hbond substituents is 1. The molecule has 4 unspecified atom stereocenters. The van der Waals surface area contributed by atoms with Crippen molar-refractivity contribution in [2.24, 2.45) is 22.2 Å². The summed E-state index contributed by atoms with van der Waals surface area (Å²) in [5.41, 5.74) is 18.4. The number of hydrogen-bond acceptors (Lipinski definition) is 8. The van der Waals surface area contributed by atoms with E-state index < -0.39 is 47.9 Å². The van der Waals surface area contributed by atoms with Gasteiger partial charge in [-0.15, -0.1) is 0 Å². The Bertz CT molecular complexity index is 1230. The molecule has 0 aliphatic heterocycles. The lowest BCUT2D eigenvalue weighted by atomic mass is 10.0. The summed E-state index contributed by atoms with van der Waals surface area (Å²) in [5, 5.41) is 27.1. The number of carboxylic acid groups (broad SMARTS) is 1. The number of carboxylic acids is 1. The Labute approximate surface area is 255 Å². The number of aromatic hydroxyl groups is 1. The second-order valence-corrected chi connectivity index (χ2v) is 10.9. The number of aliphatic carboxylic acids is 1. The van der Waals surface area contributed by atoms with Crippen LogP contribution in [0.3, 0.4) is 0 Å². The number of thioether (sulfide) groups is 1.